The van der Waals surface area contributed by atoms with E-state index in [1.807, 2.05) is 4.90 Å². The average Bonchev–Trinajstić information content (AvgIpc) is 3.26. The maximum absolute atomic E-state index is 13.1. The first-order valence-electron chi connectivity index (χ1n) is 10.8. The minimum absolute atomic E-state index is 0.0933. The SMILES string of the molecule is O=C(C1CCCN(S(=O)(=O)c2cccs2)C1)N1CCC(c2nc(C3CC3)n[nH]2)CC1. The van der Waals surface area contributed by atoms with Gasteiger partial charge in [-0.3, -0.25) is 9.89 Å². The molecule has 4 heterocycles. The van der Waals surface area contributed by atoms with Crippen LogP contribution in [0.1, 0.15) is 62.0 Å². The quantitative estimate of drug-likeness (QED) is 0.756. The molecule has 1 aliphatic carbocycles. The van der Waals surface area contributed by atoms with Crippen LogP contribution in [0, 0.1) is 5.92 Å². The zero-order valence-electron chi connectivity index (χ0n) is 16.9. The summed E-state index contributed by atoms with van der Waals surface area (Å²) in [5.41, 5.74) is 0. The normalized spacial score (nSPS) is 24.3. The molecule has 0 bridgehead atoms. The second-order valence-electron chi connectivity index (χ2n) is 8.59. The molecule has 3 fully saturated rings. The van der Waals surface area contributed by atoms with E-state index in [4.69, 9.17) is 0 Å². The fourth-order valence-corrected chi connectivity index (χ4v) is 7.19. The molecule has 2 aromatic rings. The summed E-state index contributed by atoms with van der Waals surface area (Å²) in [5, 5.41) is 9.23. The second kappa shape index (κ2) is 8.05. The fourth-order valence-electron chi connectivity index (χ4n) is 4.53. The molecule has 2 saturated heterocycles. The number of carbonyl (C=O) groups excluding carboxylic acids is 1. The van der Waals surface area contributed by atoms with Gasteiger partial charge < -0.3 is 4.90 Å². The van der Waals surface area contributed by atoms with Crippen LogP contribution in [0.3, 0.4) is 0 Å². The van der Waals surface area contributed by atoms with Crippen LogP contribution < -0.4 is 0 Å². The van der Waals surface area contributed by atoms with E-state index in [1.54, 1.807) is 17.5 Å². The second-order valence-corrected chi connectivity index (χ2v) is 11.7. The smallest absolute Gasteiger partial charge is 0.252 e. The molecule has 162 valence electrons. The number of hydrogen-bond donors (Lipinski definition) is 1. The first-order chi connectivity index (χ1) is 14.5. The van der Waals surface area contributed by atoms with E-state index < -0.39 is 10.0 Å². The lowest BCUT2D eigenvalue weighted by Crippen LogP contribution is -2.48. The number of piperidine rings is 2. The predicted molar refractivity (Wildman–Crippen MR) is 113 cm³/mol. The summed E-state index contributed by atoms with van der Waals surface area (Å²) in [7, 11) is -3.50. The summed E-state index contributed by atoms with van der Waals surface area (Å²) >= 11 is 1.23. The first kappa shape index (κ1) is 20.1. The number of H-pyrrole nitrogens is 1. The molecule has 2 aliphatic heterocycles. The molecule has 0 spiro atoms. The minimum Gasteiger partial charge on any atom is -0.342 e. The Morgan fingerprint density at radius 1 is 1.10 bits per heavy atom. The highest BCUT2D eigenvalue weighted by atomic mass is 32.2. The molecule has 5 rings (SSSR count). The molecule has 10 heteroatoms. The topological polar surface area (TPSA) is 99.3 Å². The number of sulfonamides is 1. The molecule has 3 aliphatic rings. The third-order valence-corrected chi connectivity index (χ3v) is 9.72. The van der Waals surface area contributed by atoms with Gasteiger partial charge in [0.1, 0.15) is 10.0 Å². The molecule has 2 aromatic heterocycles. The number of nitrogens with one attached hydrogen (secondary N) is 1. The van der Waals surface area contributed by atoms with Gasteiger partial charge in [0, 0.05) is 38.0 Å². The number of carbonyl (C=O) groups is 1. The van der Waals surface area contributed by atoms with E-state index in [0.29, 0.717) is 35.7 Å². The van der Waals surface area contributed by atoms with E-state index >= 15 is 0 Å². The Bertz CT molecular complexity index is 992. The van der Waals surface area contributed by atoms with Crippen LogP contribution in [-0.2, 0) is 14.8 Å². The molecule has 1 unspecified atom stereocenters. The zero-order valence-corrected chi connectivity index (χ0v) is 18.5. The number of aromatic nitrogens is 3. The van der Waals surface area contributed by atoms with Crippen molar-refractivity contribution >= 4 is 27.3 Å². The van der Waals surface area contributed by atoms with Crippen LogP contribution >= 0.6 is 11.3 Å². The molecule has 8 nitrogen and oxygen atoms in total. The van der Waals surface area contributed by atoms with Crippen LogP contribution in [-0.4, -0.2) is 64.9 Å². The number of likely N-dealkylation sites (tertiary alicyclic amines) is 1. The van der Waals surface area contributed by atoms with Crippen LogP contribution in [0.15, 0.2) is 21.7 Å². The molecule has 1 amide bonds. The van der Waals surface area contributed by atoms with Gasteiger partial charge in [0.25, 0.3) is 10.0 Å². The number of amides is 1. The molecule has 1 N–H and O–H groups in total. The maximum Gasteiger partial charge on any atom is 0.252 e. The molecular weight excluding hydrogens is 422 g/mol. The third kappa shape index (κ3) is 3.92. The van der Waals surface area contributed by atoms with Crippen LogP contribution in [0.25, 0.3) is 0 Å². The lowest BCUT2D eigenvalue weighted by Gasteiger charge is -2.37. The summed E-state index contributed by atoms with van der Waals surface area (Å²) in [4.78, 5) is 19.7. The molecular formula is C20H27N5O3S2. The minimum atomic E-state index is -3.50. The summed E-state index contributed by atoms with van der Waals surface area (Å²) in [6, 6.07) is 3.38. The monoisotopic (exact) mass is 449 g/mol. The van der Waals surface area contributed by atoms with E-state index in [9.17, 15) is 13.2 Å². The number of nitrogens with zero attached hydrogens (tertiary/aromatic N) is 4. The van der Waals surface area contributed by atoms with Crippen molar-refractivity contribution in [2.45, 2.75) is 54.6 Å². The van der Waals surface area contributed by atoms with Gasteiger partial charge in [-0.1, -0.05) is 6.07 Å². The Kier molecular flexibility index (Phi) is 5.40. The van der Waals surface area contributed by atoms with Gasteiger partial charge in [-0.25, -0.2) is 13.4 Å². The van der Waals surface area contributed by atoms with E-state index in [-0.39, 0.29) is 18.4 Å². The van der Waals surface area contributed by atoms with Crippen molar-refractivity contribution in [3.05, 3.63) is 29.2 Å². The van der Waals surface area contributed by atoms with Gasteiger partial charge in [0.05, 0.1) is 5.92 Å². The first-order valence-corrected chi connectivity index (χ1v) is 13.1. The Morgan fingerprint density at radius 3 is 2.60 bits per heavy atom. The largest absolute Gasteiger partial charge is 0.342 e. The molecule has 0 radical (unpaired) electrons. The summed E-state index contributed by atoms with van der Waals surface area (Å²) in [6.07, 6.45) is 5.58. The average molecular weight is 450 g/mol. The molecule has 1 atom stereocenters. The molecule has 30 heavy (non-hydrogen) atoms. The van der Waals surface area contributed by atoms with E-state index in [1.165, 1.54) is 28.5 Å². The van der Waals surface area contributed by atoms with Crippen molar-refractivity contribution in [3.63, 3.8) is 0 Å². The van der Waals surface area contributed by atoms with Crippen molar-refractivity contribution in [2.24, 2.45) is 5.92 Å². The highest BCUT2D eigenvalue weighted by molar-refractivity contribution is 7.91. The van der Waals surface area contributed by atoms with Crippen LogP contribution in [0.2, 0.25) is 0 Å². The van der Waals surface area contributed by atoms with Crippen molar-refractivity contribution in [2.75, 3.05) is 26.2 Å². The Labute approximate surface area is 180 Å². The maximum atomic E-state index is 13.1. The van der Waals surface area contributed by atoms with E-state index in [2.05, 4.69) is 15.2 Å². The number of aromatic amines is 1. The van der Waals surface area contributed by atoms with Gasteiger partial charge in [0.15, 0.2) is 5.82 Å². The number of hydrogen-bond acceptors (Lipinski definition) is 6. The molecule has 0 aromatic carbocycles. The van der Waals surface area contributed by atoms with Gasteiger partial charge in [-0.2, -0.15) is 9.40 Å². The number of rotatable bonds is 5. The van der Waals surface area contributed by atoms with Gasteiger partial charge >= 0.3 is 0 Å². The van der Waals surface area contributed by atoms with Crippen molar-refractivity contribution in [1.82, 2.24) is 24.4 Å². The predicted octanol–water partition coefficient (Wildman–Crippen LogP) is 2.55. The van der Waals surface area contributed by atoms with Crippen molar-refractivity contribution in [3.8, 4) is 0 Å². The van der Waals surface area contributed by atoms with E-state index in [0.717, 1.165) is 37.3 Å². The lowest BCUT2D eigenvalue weighted by molar-refractivity contribution is -0.137. The highest BCUT2D eigenvalue weighted by Gasteiger charge is 2.37. The summed E-state index contributed by atoms with van der Waals surface area (Å²) < 4.78 is 27.5. The highest BCUT2D eigenvalue weighted by Crippen LogP contribution is 2.38. The fraction of sp³-hybridized carbons (Fsp3) is 0.650. The van der Waals surface area contributed by atoms with Crippen molar-refractivity contribution in [1.29, 1.82) is 0 Å². The van der Waals surface area contributed by atoms with Crippen LogP contribution in [0.4, 0.5) is 0 Å². The zero-order chi connectivity index (χ0) is 20.7. The summed E-state index contributed by atoms with van der Waals surface area (Å²) in [5.74, 6) is 2.59. The Hall–Kier alpha value is -1.78. The Balaban J connectivity index is 1.19. The lowest BCUT2D eigenvalue weighted by atomic mass is 9.93. The number of thiophene rings is 1. The van der Waals surface area contributed by atoms with Gasteiger partial charge in [-0.15, -0.1) is 11.3 Å². The van der Waals surface area contributed by atoms with Gasteiger partial charge in [0.2, 0.25) is 5.91 Å². The van der Waals surface area contributed by atoms with Crippen molar-refractivity contribution < 1.29 is 13.2 Å². The summed E-state index contributed by atoms with van der Waals surface area (Å²) in [6.45, 7) is 2.15. The molecule has 1 saturated carbocycles. The third-order valence-electron chi connectivity index (χ3n) is 6.48. The standard InChI is InChI=1S/C20H27N5O3S2/c26-20(16-3-1-9-25(13-16)30(27,28)17-4-2-12-29-17)24-10-7-15(8-11-24)19-21-18(22-23-19)14-5-6-14/h2,4,12,14-16H,1,3,5-11,13H2,(H,21,22,23). The Morgan fingerprint density at radius 2 is 1.90 bits per heavy atom. The van der Waals surface area contributed by atoms with Gasteiger partial charge in [-0.05, 0) is 50.0 Å². The van der Waals surface area contributed by atoms with Crippen LogP contribution in [0.5, 0.6) is 0 Å².